The number of halogens is 1. The predicted octanol–water partition coefficient (Wildman–Crippen LogP) is 3.51. The molecule has 2 aliphatic rings. The van der Waals surface area contributed by atoms with E-state index in [0.29, 0.717) is 53.4 Å². The zero-order valence-corrected chi connectivity index (χ0v) is 22.3. The second-order valence-electron chi connectivity index (χ2n) is 10.6. The number of hydrogen-bond acceptors (Lipinski definition) is 8. The number of anilines is 2. The van der Waals surface area contributed by atoms with E-state index in [1.54, 1.807) is 36.3 Å². The quantitative estimate of drug-likeness (QED) is 0.388. The smallest absolute Gasteiger partial charge is 0.316 e. The summed E-state index contributed by atoms with van der Waals surface area (Å²) in [6.07, 6.45) is 4.37. The highest BCUT2D eigenvalue weighted by Crippen LogP contribution is 2.31. The second kappa shape index (κ2) is 10.4. The molecule has 2 aliphatic heterocycles. The van der Waals surface area contributed by atoms with Crippen molar-refractivity contribution in [2.75, 3.05) is 43.1 Å². The van der Waals surface area contributed by atoms with Gasteiger partial charge in [0.15, 0.2) is 5.82 Å². The van der Waals surface area contributed by atoms with Crippen LogP contribution in [-0.4, -0.2) is 70.6 Å². The van der Waals surface area contributed by atoms with E-state index in [-0.39, 0.29) is 11.5 Å². The van der Waals surface area contributed by atoms with Gasteiger partial charge in [-0.25, -0.2) is 9.37 Å². The van der Waals surface area contributed by atoms with Gasteiger partial charge >= 0.3 is 6.01 Å². The third kappa shape index (κ3) is 5.24. The molecule has 2 saturated heterocycles. The van der Waals surface area contributed by atoms with E-state index in [1.165, 1.54) is 6.07 Å². The Balaban J connectivity index is 1.36. The third-order valence-corrected chi connectivity index (χ3v) is 7.25. The van der Waals surface area contributed by atoms with E-state index < -0.39 is 11.7 Å². The van der Waals surface area contributed by atoms with Gasteiger partial charge in [-0.05, 0) is 44.5 Å². The minimum atomic E-state index is -0.501. The summed E-state index contributed by atoms with van der Waals surface area (Å²) in [5.41, 5.74) is 2.39. The van der Waals surface area contributed by atoms with Gasteiger partial charge in [0.25, 0.3) is 5.91 Å². The number of aromatic nitrogens is 4. The van der Waals surface area contributed by atoms with Crippen LogP contribution in [0.2, 0.25) is 0 Å². The Morgan fingerprint density at radius 3 is 2.82 bits per heavy atom. The van der Waals surface area contributed by atoms with Gasteiger partial charge in [0, 0.05) is 79.3 Å². The number of amides is 1. The van der Waals surface area contributed by atoms with Crippen LogP contribution in [0.4, 0.5) is 15.8 Å². The number of nitrogens with zero attached hydrogens (tertiary/aromatic N) is 5. The number of ether oxygens (including phenoxy) is 2. The van der Waals surface area contributed by atoms with Crippen LogP contribution in [-0.2, 0) is 11.8 Å². The number of benzene rings is 2. The normalized spacial score (nSPS) is 21.5. The lowest BCUT2D eigenvalue weighted by atomic mass is 10.0. The number of carbonyl (C=O) groups is 1. The fourth-order valence-electron chi connectivity index (χ4n) is 5.53. The molecule has 1 amide bonds. The molecule has 2 N–H and O–H groups in total. The van der Waals surface area contributed by atoms with Crippen LogP contribution in [0, 0.1) is 11.7 Å². The molecule has 0 spiro atoms. The van der Waals surface area contributed by atoms with Crippen molar-refractivity contribution in [3.63, 3.8) is 0 Å². The number of hydrogen-bond donors (Lipinski definition) is 2. The Kier molecular flexibility index (Phi) is 6.78. The lowest BCUT2D eigenvalue weighted by Crippen LogP contribution is -2.54. The highest BCUT2D eigenvalue weighted by molar-refractivity contribution is 6.14. The van der Waals surface area contributed by atoms with E-state index in [9.17, 15) is 9.18 Å². The summed E-state index contributed by atoms with van der Waals surface area (Å²) in [7, 11) is 1.73. The maximum absolute atomic E-state index is 14.7. The molecule has 1 unspecified atom stereocenters. The first-order valence-corrected chi connectivity index (χ1v) is 13.3. The van der Waals surface area contributed by atoms with Crippen LogP contribution in [0.25, 0.3) is 21.8 Å². The Bertz CT molecular complexity index is 1520. The first-order chi connectivity index (χ1) is 18.8. The van der Waals surface area contributed by atoms with Crippen molar-refractivity contribution in [3.8, 4) is 6.01 Å². The van der Waals surface area contributed by atoms with Crippen molar-refractivity contribution in [2.24, 2.45) is 13.0 Å². The largest absolute Gasteiger partial charge is 0.463 e. The summed E-state index contributed by atoms with van der Waals surface area (Å²) in [5.74, 6) is -0.607. The van der Waals surface area contributed by atoms with Gasteiger partial charge in [-0.15, -0.1) is 0 Å². The summed E-state index contributed by atoms with van der Waals surface area (Å²) < 4.78 is 27.6. The number of aryl methyl sites for hydroxylation is 1. The van der Waals surface area contributed by atoms with Gasteiger partial charge in [0.1, 0.15) is 5.52 Å². The van der Waals surface area contributed by atoms with E-state index in [0.717, 1.165) is 37.2 Å². The summed E-state index contributed by atoms with van der Waals surface area (Å²) in [4.78, 5) is 25.0. The summed E-state index contributed by atoms with van der Waals surface area (Å²) >= 11 is 0. The van der Waals surface area contributed by atoms with Crippen LogP contribution in [0.15, 0.2) is 36.7 Å². The van der Waals surface area contributed by atoms with Gasteiger partial charge in [0.2, 0.25) is 0 Å². The first kappa shape index (κ1) is 25.4. The van der Waals surface area contributed by atoms with Crippen LogP contribution >= 0.6 is 0 Å². The molecule has 2 fully saturated rings. The van der Waals surface area contributed by atoms with Gasteiger partial charge in [-0.3, -0.25) is 9.48 Å². The SMILES string of the molecule is C[C@@H]1CN(c2ccc(C(=O)Nc3cc(F)c4nn(C)cc4c3)c3nc(OCC4CCOC4)ncc23)C[C@H](C)N1. The molecule has 4 aromatic rings. The lowest BCUT2D eigenvalue weighted by Gasteiger charge is -2.38. The van der Waals surface area contributed by atoms with Crippen molar-refractivity contribution >= 4 is 39.1 Å². The number of fused-ring (bicyclic) bond motifs is 2. The molecule has 0 aliphatic carbocycles. The molecular weight excluding hydrogens is 501 g/mol. The Morgan fingerprint density at radius 2 is 2.05 bits per heavy atom. The molecule has 2 aromatic carbocycles. The summed E-state index contributed by atoms with van der Waals surface area (Å²) in [6.45, 7) is 7.77. The van der Waals surface area contributed by atoms with E-state index >= 15 is 0 Å². The number of piperazine rings is 1. The standard InChI is InChI=1S/C28H32FN7O3/c1-16-11-36(12-17(2)31-16)24-5-4-21(26-22(24)10-30-28(33-26)39-15-18-6-7-38-14-18)27(37)32-20-8-19-13-35(3)34-25(19)23(29)9-20/h4-5,8-10,13,16-18,31H,6-7,11-12,14-15H2,1-3H3,(H,32,37)/t16-,17+,18?. The van der Waals surface area contributed by atoms with Crippen molar-refractivity contribution in [3.05, 3.63) is 48.0 Å². The average molecular weight is 534 g/mol. The predicted molar refractivity (Wildman–Crippen MR) is 147 cm³/mol. The fourth-order valence-corrected chi connectivity index (χ4v) is 5.53. The molecule has 4 heterocycles. The molecule has 3 atom stereocenters. The summed E-state index contributed by atoms with van der Waals surface area (Å²) in [5, 5.41) is 11.9. The number of nitrogens with one attached hydrogen (secondary N) is 2. The number of rotatable bonds is 6. The molecule has 0 saturated carbocycles. The molecule has 39 heavy (non-hydrogen) atoms. The van der Waals surface area contributed by atoms with Crippen LogP contribution in [0.5, 0.6) is 6.01 Å². The maximum atomic E-state index is 14.7. The van der Waals surface area contributed by atoms with E-state index in [4.69, 9.17) is 14.5 Å². The molecule has 2 aromatic heterocycles. The molecular formula is C28H32FN7O3. The number of carbonyl (C=O) groups excluding carboxylic acids is 1. The highest BCUT2D eigenvalue weighted by atomic mass is 19.1. The molecule has 6 rings (SSSR count). The zero-order valence-electron chi connectivity index (χ0n) is 22.3. The van der Waals surface area contributed by atoms with Crippen molar-refractivity contribution in [1.29, 1.82) is 0 Å². The highest BCUT2D eigenvalue weighted by Gasteiger charge is 2.25. The Labute approximate surface area is 225 Å². The van der Waals surface area contributed by atoms with Crippen LogP contribution in [0.3, 0.4) is 0 Å². The van der Waals surface area contributed by atoms with Crippen LogP contribution < -0.4 is 20.3 Å². The Hall–Kier alpha value is -3.83. The molecule has 11 heteroatoms. The van der Waals surface area contributed by atoms with E-state index in [2.05, 4.69) is 39.5 Å². The third-order valence-electron chi connectivity index (χ3n) is 7.25. The second-order valence-corrected chi connectivity index (χ2v) is 10.6. The summed E-state index contributed by atoms with van der Waals surface area (Å²) in [6, 6.07) is 7.52. The molecule has 10 nitrogen and oxygen atoms in total. The van der Waals surface area contributed by atoms with Crippen molar-refractivity contribution in [1.82, 2.24) is 25.1 Å². The topological polar surface area (TPSA) is 106 Å². The van der Waals surface area contributed by atoms with Crippen LogP contribution in [0.1, 0.15) is 30.6 Å². The van der Waals surface area contributed by atoms with Gasteiger partial charge < -0.3 is 25.0 Å². The van der Waals surface area contributed by atoms with Gasteiger partial charge in [-0.2, -0.15) is 10.1 Å². The van der Waals surface area contributed by atoms with E-state index in [1.807, 2.05) is 6.07 Å². The van der Waals surface area contributed by atoms with Gasteiger partial charge in [-0.1, -0.05) is 0 Å². The van der Waals surface area contributed by atoms with Gasteiger partial charge in [0.05, 0.1) is 24.3 Å². The average Bonchev–Trinajstić information content (AvgIpc) is 3.55. The lowest BCUT2D eigenvalue weighted by molar-refractivity contribution is 0.102. The minimum absolute atomic E-state index is 0.213. The monoisotopic (exact) mass is 533 g/mol. The fraction of sp³-hybridized carbons (Fsp3) is 0.429. The molecule has 0 bridgehead atoms. The van der Waals surface area contributed by atoms with Crippen molar-refractivity contribution in [2.45, 2.75) is 32.4 Å². The molecule has 204 valence electrons. The minimum Gasteiger partial charge on any atom is -0.463 e. The maximum Gasteiger partial charge on any atom is 0.316 e. The molecule has 0 radical (unpaired) electrons. The van der Waals surface area contributed by atoms with Crippen molar-refractivity contribution < 1.29 is 18.7 Å². The zero-order chi connectivity index (χ0) is 27.1. The Morgan fingerprint density at radius 1 is 1.23 bits per heavy atom. The first-order valence-electron chi connectivity index (χ1n) is 13.3.